The third-order valence-corrected chi connectivity index (χ3v) is 5.60. The second-order valence-corrected chi connectivity index (χ2v) is 7.82. The van der Waals surface area contributed by atoms with Crippen molar-refractivity contribution in [2.75, 3.05) is 25.7 Å². The van der Waals surface area contributed by atoms with Crippen LogP contribution in [0, 0.1) is 0 Å². The Kier molecular flexibility index (Phi) is 7.17. The van der Waals surface area contributed by atoms with Crippen molar-refractivity contribution >= 4 is 34.8 Å². The molecule has 0 aliphatic rings. The molecule has 2 aromatic carbocycles. The number of rotatable bonds is 8. The maximum absolute atomic E-state index is 5.52. The van der Waals surface area contributed by atoms with Gasteiger partial charge in [0.1, 0.15) is 11.5 Å². The topological polar surface area (TPSA) is 83.1 Å². The van der Waals surface area contributed by atoms with E-state index in [9.17, 15) is 0 Å². The molecule has 0 N–H and O–H groups in total. The molecular weight excluding hydrogens is 466 g/mol. The second kappa shape index (κ2) is 10.4. The number of aryl methyl sites for hydroxylation is 1. The van der Waals surface area contributed by atoms with Gasteiger partial charge in [-0.15, -0.1) is 12.4 Å². The van der Waals surface area contributed by atoms with Gasteiger partial charge in [-0.3, -0.25) is 14.3 Å². The molecule has 0 bridgehead atoms. The molecule has 0 aliphatic heterocycles. The van der Waals surface area contributed by atoms with Gasteiger partial charge in [0.25, 0.3) is 0 Å². The first-order valence-electron chi connectivity index (χ1n) is 10.9. The maximum Gasteiger partial charge on any atom is 0.124 e. The van der Waals surface area contributed by atoms with E-state index in [1.165, 1.54) is 0 Å². The largest absolute Gasteiger partial charge is 0.497 e. The van der Waals surface area contributed by atoms with Crippen LogP contribution in [0.4, 0.5) is 11.4 Å². The Morgan fingerprint density at radius 1 is 0.914 bits per heavy atom. The molecule has 0 amide bonds. The van der Waals surface area contributed by atoms with Crippen molar-refractivity contribution < 1.29 is 9.47 Å². The minimum absolute atomic E-state index is 0. The second-order valence-electron chi connectivity index (χ2n) is 7.82. The van der Waals surface area contributed by atoms with Gasteiger partial charge in [-0.05, 0) is 24.3 Å². The number of nitrogens with zero attached hydrogens (tertiary/aromatic N) is 7. The van der Waals surface area contributed by atoms with Crippen molar-refractivity contribution in [1.82, 2.24) is 29.5 Å². The monoisotopic (exact) mass is 491 g/mol. The van der Waals surface area contributed by atoms with Crippen LogP contribution in [-0.4, -0.2) is 50.3 Å². The molecule has 0 unspecified atom stereocenters. The Bertz CT molecular complexity index is 1400. The molecular formula is C25H26ClN7O2. The predicted octanol–water partition coefficient (Wildman–Crippen LogP) is 4.50. The van der Waals surface area contributed by atoms with Gasteiger partial charge in [0, 0.05) is 67.3 Å². The summed E-state index contributed by atoms with van der Waals surface area (Å²) < 4.78 is 14.7. The first-order chi connectivity index (χ1) is 16.6. The van der Waals surface area contributed by atoms with Crippen LogP contribution in [0.1, 0.15) is 0 Å². The molecule has 5 rings (SSSR count). The molecule has 0 aliphatic carbocycles. The lowest BCUT2D eigenvalue weighted by Crippen LogP contribution is -2.23. The first kappa shape index (κ1) is 24.0. The van der Waals surface area contributed by atoms with E-state index in [4.69, 9.17) is 14.5 Å². The first-order valence-corrected chi connectivity index (χ1v) is 10.9. The molecule has 0 fully saturated rings. The number of halogens is 1. The van der Waals surface area contributed by atoms with E-state index in [1.807, 2.05) is 54.5 Å². The van der Waals surface area contributed by atoms with Crippen LogP contribution in [0.2, 0.25) is 0 Å². The Hall–Kier alpha value is -4.11. The number of methoxy groups -OCH3 is 2. The summed E-state index contributed by atoms with van der Waals surface area (Å²) in [5, 5.41) is 8.60. The van der Waals surface area contributed by atoms with Crippen LogP contribution in [-0.2, 0) is 13.6 Å². The average molecular weight is 492 g/mol. The van der Waals surface area contributed by atoms with Gasteiger partial charge in [-0.1, -0.05) is 0 Å². The van der Waals surface area contributed by atoms with E-state index in [0.717, 1.165) is 45.2 Å². The summed E-state index contributed by atoms with van der Waals surface area (Å²) >= 11 is 0. The number of ether oxygens (including phenoxy) is 2. The highest BCUT2D eigenvalue weighted by Crippen LogP contribution is 2.34. The van der Waals surface area contributed by atoms with Crippen LogP contribution in [0.25, 0.3) is 22.3 Å². The van der Waals surface area contributed by atoms with Gasteiger partial charge in [-0.25, -0.2) is 4.98 Å². The van der Waals surface area contributed by atoms with Gasteiger partial charge in [0.2, 0.25) is 0 Å². The minimum atomic E-state index is 0. The third-order valence-electron chi connectivity index (χ3n) is 5.60. The van der Waals surface area contributed by atoms with Gasteiger partial charge in [0.05, 0.1) is 49.9 Å². The Labute approximate surface area is 209 Å². The summed E-state index contributed by atoms with van der Waals surface area (Å²) in [6, 6.07) is 13.9. The molecule has 0 radical (unpaired) electrons. The number of hydrogen-bond acceptors (Lipinski definition) is 7. The molecule has 0 atom stereocenters. The smallest absolute Gasteiger partial charge is 0.124 e. The van der Waals surface area contributed by atoms with Crippen molar-refractivity contribution in [1.29, 1.82) is 0 Å². The quantitative estimate of drug-likeness (QED) is 0.316. The number of hydrogen-bond donors (Lipinski definition) is 0. The molecule has 0 saturated heterocycles. The molecule has 3 aromatic heterocycles. The summed E-state index contributed by atoms with van der Waals surface area (Å²) in [6.45, 7) is 1.38. The molecule has 0 spiro atoms. The molecule has 3 heterocycles. The summed E-state index contributed by atoms with van der Waals surface area (Å²) in [7, 11) is 5.19. The van der Waals surface area contributed by atoms with E-state index in [-0.39, 0.29) is 12.4 Å². The summed E-state index contributed by atoms with van der Waals surface area (Å²) in [4.78, 5) is 11.7. The zero-order chi connectivity index (χ0) is 23.5. The highest BCUT2D eigenvalue weighted by atomic mass is 35.5. The highest BCUT2D eigenvalue weighted by Gasteiger charge is 2.15. The average Bonchev–Trinajstić information content (AvgIpc) is 3.55. The number of fused-ring (bicyclic) bond motifs is 1. The fourth-order valence-corrected chi connectivity index (χ4v) is 3.85. The lowest BCUT2D eigenvalue weighted by molar-refractivity contribution is 0.394. The highest BCUT2D eigenvalue weighted by molar-refractivity contribution is 5.85. The molecule has 180 valence electrons. The molecule has 35 heavy (non-hydrogen) atoms. The van der Waals surface area contributed by atoms with E-state index >= 15 is 0 Å². The number of benzene rings is 2. The fraction of sp³-hybridized carbons (Fsp3) is 0.200. The van der Waals surface area contributed by atoms with Crippen molar-refractivity contribution in [2.24, 2.45) is 7.05 Å². The Morgan fingerprint density at radius 2 is 1.71 bits per heavy atom. The van der Waals surface area contributed by atoms with Crippen LogP contribution in [0.5, 0.6) is 11.5 Å². The SMILES string of the molecule is COc1cc(OC)cc(N(CCn2cccn2)c2ccc3ncc(-c4cnn(C)c4)nc3c2)c1.Cl. The fourth-order valence-electron chi connectivity index (χ4n) is 3.85. The van der Waals surface area contributed by atoms with E-state index in [0.29, 0.717) is 13.1 Å². The summed E-state index contributed by atoms with van der Waals surface area (Å²) in [5.74, 6) is 1.44. The third kappa shape index (κ3) is 5.20. The van der Waals surface area contributed by atoms with E-state index in [2.05, 4.69) is 32.2 Å². The molecule has 9 nitrogen and oxygen atoms in total. The number of aromatic nitrogens is 6. The van der Waals surface area contributed by atoms with Gasteiger partial charge in [0.15, 0.2) is 0 Å². The zero-order valence-electron chi connectivity index (χ0n) is 19.7. The van der Waals surface area contributed by atoms with Crippen LogP contribution >= 0.6 is 12.4 Å². The Morgan fingerprint density at radius 3 is 2.37 bits per heavy atom. The predicted molar refractivity (Wildman–Crippen MR) is 138 cm³/mol. The molecule has 5 aromatic rings. The van der Waals surface area contributed by atoms with Crippen molar-refractivity contribution in [2.45, 2.75) is 6.54 Å². The molecule has 10 heteroatoms. The number of anilines is 2. The van der Waals surface area contributed by atoms with Crippen molar-refractivity contribution in [3.63, 3.8) is 0 Å². The van der Waals surface area contributed by atoms with E-state index in [1.54, 1.807) is 37.5 Å². The lowest BCUT2D eigenvalue weighted by Gasteiger charge is -2.26. The normalized spacial score (nSPS) is 10.7. The van der Waals surface area contributed by atoms with Crippen LogP contribution < -0.4 is 14.4 Å². The maximum atomic E-state index is 5.52. The van der Waals surface area contributed by atoms with Gasteiger partial charge < -0.3 is 14.4 Å². The van der Waals surface area contributed by atoms with E-state index < -0.39 is 0 Å². The lowest BCUT2D eigenvalue weighted by atomic mass is 10.2. The standard InChI is InChI=1S/C25H25N7O2.ClH/c1-30-17-18(15-28-30)25-16-26-23-6-5-19(13-24(23)29-25)32(10-9-31-8-4-7-27-31)20-11-21(33-2)14-22(12-20)34-3;/h4-8,11-17H,9-10H2,1-3H3;1H. The van der Waals surface area contributed by atoms with Gasteiger partial charge >= 0.3 is 0 Å². The summed E-state index contributed by atoms with van der Waals surface area (Å²) in [6.07, 6.45) is 9.24. The summed E-state index contributed by atoms with van der Waals surface area (Å²) in [5.41, 5.74) is 5.26. The van der Waals surface area contributed by atoms with Gasteiger partial charge in [-0.2, -0.15) is 10.2 Å². The van der Waals surface area contributed by atoms with Crippen LogP contribution in [0.3, 0.4) is 0 Å². The van der Waals surface area contributed by atoms with Crippen molar-refractivity contribution in [3.8, 4) is 22.8 Å². The minimum Gasteiger partial charge on any atom is -0.497 e. The van der Waals surface area contributed by atoms with Crippen molar-refractivity contribution in [3.05, 3.63) is 73.4 Å². The van der Waals surface area contributed by atoms with Crippen LogP contribution in [0.15, 0.2) is 73.4 Å². The molecule has 0 saturated carbocycles. The zero-order valence-corrected chi connectivity index (χ0v) is 20.5. The Balaban J connectivity index is 0.00000289.